The number of aromatic nitrogens is 1. The van der Waals surface area contributed by atoms with E-state index >= 15 is 0 Å². The molecule has 1 atom stereocenters. The molecule has 1 N–H and O–H groups in total. The van der Waals surface area contributed by atoms with Gasteiger partial charge in [0.25, 0.3) is 0 Å². The van der Waals surface area contributed by atoms with Crippen LogP contribution in [-0.2, 0) is 16.4 Å². The molecule has 1 aliphatic heterocycles. The summed E-state index contributed by atoms with van der Waals surface area (Å²) in [5.41, 5.74) is 1.45. The summed E-state index contributed by atoms with van der Waals surface area (Å²) in [5.74, 6) is 0.832. The molecular formula is C18H21N3O4S. The first-order valence-electron chi connectivity index (χ1n) is 8.30. The maximum Gasteiger partial charge on any atom is 0.321 e. The van der Waals surface area contributed by atoms with E-state index in [-0.39, 0.29) is 23.6 Å². The SMILES string of the molecule is CN(C(=O)Nc1ccc(OCc2ccccn2)cc1)[C@@H]1CCS(=O)(=O)C1. The molecule has 0 radical (unpaired) electrons. The van der Waals surface area contributed by atoms with E-state index in [4.69, 9.17) is 4.74 Å². The van der Waals surface area contributed by atoms with Gasteiger partial charge in [0.1, 0.15) is 12.4 Å². The van der Waals surface area contributed by atoms with Gasteiger partial charge in [0.15, 0.2) is 9.84 Å². The van der Waals surface area contributed by atoms with Crippen molar-refractivity contribution in [3.8, 4) is 5.75 Å². The molecule has 1 aliphatic rings. The van der Waals surface area contributed by atoms with Crippen molar-refractivity contribution in [2.24, 2.45) is 0 Å². The zero-order chi connectivity index (χ0) is 18.6. The number of hydrogen-bond donors (Lipinski definition) is 1. The van der Waals surface area contributed by atoms with Gasteiger partial charge in [0, 0.05) is 25.0 Å². The van der Waals surface area contributed by atoms with E-state index < -0.39 is 9.84 Å². The minimum absolute atomic E-state index is 0.0250. The second kappa shape index (κ2) is 7.74. The highest BCUT2D eigenvalue weighted by atomic mass is 32.2. The molecule has 1 saturated heterocycles. The highest BCUT2D eigenvalue weighted by Gasteiger charge is 2.32. The number of anilines is 1. The molecule has 7 nitrogen and oxygen atoms in total. The van der Waals surface area contributed by atoms with Crippen LogP contribution < -0.4 is 10.1 Å². The van der Waals surface area contributed by atoms with Crippen molar-refractivity contribution in [2.75, 3.05) is 23.9 Å². The number of nitrogens with one attached hydrogen (secondary N) is 1. The van der Waals surface area contributed by atoms with Gasteiger partial charge in [0.2, 0.25) is 0 Å². The zero-order valence-corrected chi connectivity index (χ0v) is 15.3. The van der Waals surface area contributed by atoms with Gasteiger partial charge in [-0.3, -0.25) is 4.98 Å². The number of hydrogen-bond acceptors (Lipinski definition) is 5. The summed E-state index contributed by atoms with van der Waals surface area (Å²) in [4.78, 5) is 17.9. The Balaban J connectivity index is 1.53. The summed E-state index contributed by atoms with van der Waals surface area (Å²) >= 11 is 0. The molecule has 1 aromatic carbocycles. The van der Waals surface area contributed by atoms with Crippen molar-refractivity contribution in [3.05, 3.63) is 54.4 Å². The molecule has 0 aliphatic carbocycles. The molecule has 8 heteroatoms. The van der Waals surface area contributed by atoms with E-state index in [0.29, 0.717) is 24.5 Å². The number of ether oxygens (including phenoxy) is 1. The van der Waals surface area contributed by atoms with E-state index in [1.165, 1.54) is 4.90 Å². The number of pyridine rings is 1. The third kappa shape index (κ3) is 4.72. The molecule has 2 amide bonds. The van der Waals surface area contributed by atoms with Crippen molar-refractivity contribution in [3.63, 3.8) is 0 Å². The Kier molecular flexibility index (Phi) is 5.41. The lowest BCUT2D eigenvalue weighted by molar-refractivity contribution is 0.209. The molecule has 138 valence electrons. The largest absolute Gasteiger partial charge is 0.487 e. The average Bonchev–Trinajstić information content (AvgIpc) is 3.01. The lowest BCUT2D eigenvalue weighted by Crippen LogP contribution is -2.40. The van der Waals surface area contributed by atoms with Gasteiger partial charge in [-0.25, -0.2) is 13.2 Å². The molecule has 0 spiro atoms. The zero-order valence-electron chi connectivity index (χ0n) is 14.5. The van der Waals surface area contributed by atoms with E-state index in [0.717, 1.165) is 5.69 Å². The van der Waals surface area contributed by atoms with Gasteiger partial charge in [-0.15, -0.1) is 0 Å². The van der Waals surface area contributed by atoms with Crippen molar-refractivity contribution >= 4 is 21.6 Å². The maximum atomic E-state index is 12.3. The highest BCUT2D eigenvalue weighted by molar-refractivity contribution is 7.91. The predicted octanol–water partition coefficient (Wildman–Crippen LogP) is 2.31. The second-order valence-corrected chi connectivity index (χ2v) is 8.46. The number of carbonyl (C=O) groups excluding carboxylic acids is 1. The van der Waals surface area contributed by atoms with E-state index in [2.05, 4.69) is 10.3 Å². The standard InChI is InChI=1S/C18H21N3O4S/c1-21(16-9-11-26(23,24)13-16)18(22)20-14-5-7-17(8-6-14)25-12-15-4-2-3-10-19-15/h2-8,10,16H,9,11-13H2,1H3,(H,20,22)/t16-/m1/s1. The van der Waals surface area contributed by atoms with Gasteiger partial charge in [-0.05, 0) is 42.8 Å². The van der Waals surface area contributed by atoms with Crippen LogP contribution in [0.15, 0.2) is 48.7 Å². The Bertz CT molecular complexity index is 854. The molecule has 1 aromatic heterocycles. The first-order valence-corrected chi connectivity index (χ1v) is 10.1. The van der Waals surface area contributed by atoms with Crippen LogP contribution in [0.5, 0.6) is 5.75 Å². The van der Waals surface area contributed by atoms with Crippen LogP contribution in [0.1, 0.15) is 12.1 Å². The summed E-state index contributed by atoms with van der Waals surface area (Å²) in [6, 6.07) is 12.0. The van der Waals surface area contributed by atoms with E-state index in [1.807, 2.05) is 18.2 Å². The second-order valence-electron chi connectivity index (χ2n) is 6.23. The van der Waals surface area contributed by atoms with Crippen LogP contribution >= 0.6 is 0 Å². The Morgan fingerprint density at radius 1 is 1.27 bits per heavy atom. The van der Waals surface area contributed by atoms with Crippen LogP contribution in [0.4, 0.5) is 10.5 Å². The quantitative estimate of drug-likeness (QED) is 0.866. The molecule has 0 bridgehead atoms. The highest BCUT2D eigenvalue weighted by Crippen LogP contribution is 2.20. The lowest BCUT2D eigenvalue weighted by atomic mass is 10.2. The van der Waals surface area contributed by atoms with Crippen molar-refractivity contribution < 1.29 is 17.9 Å². The normalized spacial score (nSPS) is 18.3. The molecule has 3 rings (SSSR count). The Morgan fingerprint density at radius 3 is 2.65 bits per heavy atom. The first-order chi connectivity index (χ1) is 12.4. The van der Waals surface area contributed by atoms with Crippen LogP contribution in [0.25, 0.3) is 0 Å². The molecule has 0 unspecified atom stereocenters. The van der Waals surface area contributed by atoms with Crippen LogP contribution in [0.2, 0.25) is 0 Å². The van der Waals surface area contributed by atoms with Crippen molar-refractivity contribution in [1.29, 1.82) is 0 Å². The monoisotopic (exact) mass is 375 g/mol. The Morgan fingerprint density at radius 2 is 2.04 bits per heavy atom. The van der Waals surface area contributed by atoms with Gasteiger partial charge < -0.3 is 15.0 Å². The Labute approximate surface area is 152 Å². The average molecular weight is 375 g/mol. The maximum absolute atomic E-state index is 12.3. The van der Waals surface area contributed by atoms with Crippen molar-refractivity contribution in [2.45, 2.75) is 19.1 Å². The number of benzene rings is 1. The number of amides is 2. The van der Waals surface area contributed by atoms with Gasteiger partial charge in [-0.2, -0.15) is 0 Å². The number of urea groups is 1. The molecule has 26 heavy (non-hydrogen) atoms. The fraction of sp³-hybridized carbons (Fsp3) is 0.333. The minimum Gasteiger partial charge on any atom is -0.487 e. The fourth-order valence-electron chi connectivity index (χ4n) is 2.73. The van der Waals surface area contributed by atoms with Crippen LogP contribution in [0.3, 0.4) is 0 Å². The fourth-order valence-corrected chi connectivity index (χ4v) is 4.51. The van der Waals surface area contributed by atoms with Crippen molar-refractivity contribution in [1.82, 2.24) is 9.88 Å². The number of rotatable bonds is 5. The molecule has 1 fully saturated rings. The van der Waals surface area contributed by atoms with E-state index in [1.54, 1.807) is 37.5 Å². The third-order valence-electron chi connectivity index (χ3n) is 4.29. The molecule has 2 heterocycles. The third-order valence-corrected chi connectivity index (χ3v) is 6.05. The summed E-state index contributed by atoms with van der Waals surface area (Å²) in [5, 5.41) is 2.77. The summed E-state index contributed by atoms with van der Waals surface area (Å²) in [6.45, 7) is 0.367. The number of sulfone groups is 1. The number of carbonyl (C=O) groups is 1. The molecule has 0 saturated carbocycles. The summed E-state index contributed by atoms with van der Waals surface area (Å²) in [6.07, 6.45) is 2.19. The topological polar surface area (TPSA) is 88.6 Å². The lowest BCUT2D eigenvalue weighted by Gasteiger charge is -2.23. The summed E-state index contributed by atoms with van der Waals surface area (Å²) < 4.78 is 28.8. The predicted molar refractivity (Wildman–Crippen MR) is 98.9 cm³/mol. The smallest absolute Gasteiger partial charge is 0.321 e. The van der Waals surface area contributed by atoms with Gasteiger partial charge in [-0.1, -0.05) is 6.07 Å². The van der Waals surface area contributed by atoms with Crippen LogP contribution in [0, 0.1) is 0 Å². The molecule has 2 aromatic rings. The minimum atomic E-state index is -3.03. The summed E-state index contributed by atoms with van der Waals surface area (Å²) in [7, 11) is -1.41. The number of nitrogens with zero attached hydrogens (tertiary/aromatic N) is 2. The van der Waals surface area contributed by atoms with E-state index in [9.17, 15) is 13.2 Å². The molecular weight excluding hydrogens is 354 g/mol. The first kappa shape index (κ1) is 18.2. The van der Waals surface area contributed by atoms with Gasteiger partial charge >= 0.3 is 6.03 Å². The Hall–Kier alpha value is -2.61. The van der Waals surface area contributed by atoms with Crippen LogP contribution in [-0.4, -0.2) is 48.9 Å². The van der Waals surface area contributed by atoms with Gasteiger partial charge in [0.05, 0.1) is 17.2 Å².